The predicted octanol–water partition coefficient (Wildman–Crippen LogP) is 25.0. The zero-order chi connectivity index (χ0) is 63.5. The van der Waals surface area contributed by atoms with Crippen molar-refractivity contribution in [2.24, 2.45) is 59.2 Å². The summed E-state index contributed by atoms with van der Waals surface area (Å²) in [6.45, 7) is 28.1. The van der Waals surface area contributed by atoms with Gasteiger partial charge in [0.2, 0.25) is 0 Å². The molecule has 1 aliphatic rings. The zero-order valence-electron chi connectivity index (χ0n) is 61.2. The molecule has 522 valence electrons. The lowest BCUT2D eigenvalue weighted by molar-refractivity contribution is -0.0459. The second-order valence-corrected chi connectivity index (χ2v) is 31.4. The third-order valence-corrected chi connectivity index (χ3v) is 20.9. The SMILES string of the molecule is CC(C)CCC[C@@H](C)CCC[C@@H](C)CCC[C@@H](C)CCO[C@H](CO)COCCCCCCCCCCCCCCC[C@@H]1CC[C@H](CCCCCCCCCCCCCCCOC[C@@H](CO)OCC[C@H](C)CCC[C@H](C)CCC[C@H](C)CCCC(C)C)C1. The summed E-state index contributed by atoms with van der Waals surface area (Å²) < 4.78 is 23.9. The molecule has 1 rings (SSSR count). The molecule has 0 amide bonds. The monoisotopic (exact) mass is 1230 g/mol. The van der Waals surface area contributed by atoms with Gasteiger partial charge in [0.15, 0.2) is 0 Å². The minimum Gasteiger partial charge on any atom is -0.394 e. The second-order valence-electron chi connectivity index (χ2n) is 31.4. The summed E-state index contributed by atoms with van der Waals surface area (Å²) in [4.78, 5) is 0. The van der Waals surface area contributed by atoms with Gasteiger partial charge in [0.1, 0.15) is 12.2 Å². The molecule has 0 saturated heterocycles. The minimum atomic E-state index is -0.180. The summed E-state index contributed by atoms with van der Waals surface area (Å²) in [7, 11) is 0. The van der Waals surface area contributed by atoms with Gasteiger partial charge in [-0.1, -0.05) is 365 Å². The van der Waals surface area contributed by atoms with Crippen LogP contribution in [-0.2, 0) is 18.9 Å². The van der Waals surface area contributed by atoms with E-state index in [1.165, 1.54) is 295 Å². The second kappa shape index (κ2) is 63.2. The Morgan fingerprint density at radius 1 is 0.264 bits per heavy atom. The predicted molar refractivity (Wildman–Crippen MR) is 382 cm³/mol. The van der Waals surface area contributed by atoms with Crippen molar-refractivity contribution in [2.75, 3.05) is 52.9 Å². The first-order chi connectivity index (χ1) is 42.3. The minimum absolute atomic E-state index is 0.0528. The lowest BCUT2D eigenvalue weighted by Crippen LogP contribution is -2.25. The van der Waals surface area contributed by atoms with Crippen molar-refractivity contribution >= 4 is 0 Å². The van der Waals surface area contributed by atoms with Gasteiger partial charge in [-0.3, -0.25) is 0 Å². The molecule has 10 atom stereocenters. The molecule has 0 aromatic rings. The molecule has 2 N–H and O–H groups in total. The van der Waals surface area contributed by atoms with Gasteiger partial charge in [-0.2, -0.15) is 0 Å². The van der Waals surface area contributed by atoms with Crippen LogP contribution in [0, 0.1) is 59.2 Å². The van der Waals surface area contributed by atoms with Crippen LogP contribution in [0.5, 0.6) is 0 Å². The first kappa shape index (κ1) is 84.8. The maximum absolute atomic E-state index is 9.84. The van der Waals surface area contributed by atoms with Gasteiger partial charge < -0.3 is 29.2 Å². The van der Waals surface area contributed by atoms with Crippen molar-refractivity contribution < 1.29 is 29.2 Å². The lowest BCUT2D eigenvalue weighted by Gasteiger charge is -2.18. The molecule has 0 spiro atoms. The molecule has 1 saturated carbocycles. The fraction of sp³-hybridized carbons (Fsp3) is 1.00. The first-order valence-electron chi connectivity index (χ1n) is 39.9. The van der Waals surface area contributed by atoms with Crippen LogP contribution < -0.4 is 0 Å². The highest BCUT2D eigenvalue weighted by Gasteiger charge is 2.24. The van der Waals surface area contributed by atoms with Crippen molar-refractivity contribution in [1.82, 2.24) is 0 Å². The summed E-state index contributed by atoms with van der Waals surface area (Å²) in [6, 6.07) is 0. The number of aliphatic hydroxyl groups excluding tert-OH is 2. The fourth-order valence-electron chi connectivity index (χ4n) is 14.3. The summed E-state index contributed by atoms with van der Waals surface area (Å²) >= 11 is 0. The van der Waals surface area contributed by atoms with E-state index in [4.69, 9.17) is 18.9 Å². The van der Waals surface area contributed by atoms with E-state index < -0.39 is 0 Å². The Hall–Kier alpha value is -0.240. The van der Waals surface area contributed by atoms with E-state index in [9.17, 15) is 10.2 Å². The zero-order valence-corrected chi connectivity index (χ0v) is 61.2. The van der Waals surface area contributed by atoms with E-state index in [0.717, 1.165) is 99.5 Å². The molecule has 0 unspecified atom stereocenters. The van der Waals surface area contributed by atoms with Crippen LogP contribution in [0.2, 0.25) is 0 Å². The summed E-state index contributed by atoms with van der Waals surface area (Å²) in [5.74, 6) is 8.61. The average Bonchev–Trinajstić information content (AvgIpc) is 4.23. The number of hydrogen-bond donors (Lipinski definition) is 2. The third kappa shape index (κ3) is 59.3. The Morgan fingerprint density at radius 2 is 0.494 bits per heavy atom. The number of rotatable bonds is 70. The first-order valence-corrected chi connectivity index (χ1v) is 39.9. The largest absolute Gasteiger partial charge is 0.394 e. The Balaban J connectivity index is 1.81. The molecule has 1 aliphatic carbocycles. The number of ether oxygens (including phenoxy) is 4. The molecule has 6 nitrogen and oxygen atoms in total. The number of unbranched alkanes of at least 4 members (excludes halogenated alkanes) is 24. The van der Waals surface area contributed by atoms with Crippen LogP contribution in [0.15, 0.2) is 0 Å². The van der Waals surface area contributed by atoms with Crippen molar-refractivity contribution in [3.63, 3.8) is 0 Å². The number of aliphatic hydroxyl groups is 2. The van der Waals surface area contributed by atoms with Crippen LogP contribution in [0.4, 0.5) is 0 Å². The average molecular weight is 1230 g/mol. The quantitative estimate of drug-likeness (QED) is 0.0591. The normalized spacial score (nSPS) is 17.6. The number of hydrogen-bond acceptors (Lipinski definition) is 6. The standard InChI is InChI=1S/C81H162O6/c1-70(2)43-37-45-72(5)47-39-49-74(7)51-41-53-76(9)59-63-86-80(66-82)68-84-61-35-31-27-23-19-15-11-13-17-21-25-29-33-55-78-57-58-79(65-78)56-34-30-26-22-18-14-12-16-20-24-28-32-36-62-85-69-81(67-83)87-64-60-77(10)54-42-52-75(8)50-40-48-73(6)46-38-44-71(3)4/h70-83H,11-69H2,1-10H3/t72-,73-,74-,75-,76-,77-,78-,79+,80-,81-/m1/s1. The van der Waals surface area contributed by atoms with Crippen LogP contribution >= 0.6 is 0 Å². The van der Waals surface area contributed by atoms with Crippen LogP contribution in [0.3, 0.4) is 0 Å². The highest BCUT2D eigenvalue weighted by Crippen LogP contribution is 2.37. The van der Waals surface area contributed by atoms with Crippen molar-refractivity contribution in [2.45, 2.75) is 409 Å². The van der Waals surface area contributed by atoms with E-state index in [0.29, 0.717) is 25.0 Å². The Labute approximate surface area is 547 Å². The van der Waals surface area contributed by atoms with Gasteiger partial charge in [-0.05, 0) is 91.3 Å². The van der Waals surface area contributed by atoms with E-state index >= 15 is 0 Å². The van der Waals surface area contributed by atoms with E-state index in [2.05, 4.69) is 69.2 Å². The topological polar surface area (TPSA) is 77.4 Å². The van der Waals surface area contributed by atoms with E-state index in [1.807, 2.05) is 0 Å². The summed E-state index contributed by atoms with van der Waals surface area (Å²) in [6.07, 6.45) is 70.2. The maximum atomic E-state index is 9.84. The molecule has 6 heteroatoms. The molecular formula is C81H162O6. The smallest absolute Gasteiger partial charge is 0.104 e. The van der Waals surface area contributed by atoms with Crippen LogP contribution in [0.25, 0.3) is 0 Å². The van der Waals surface area contributed by atoms with Crippen molar-refractivity contribution in [1.29, 1.82) is 0 Å². The molecular weight excluding hydrogens is 1070 g/mol. The Bertz CT molecular complexity index is 1240. The van der Waals surface area contributed by atoms with Crippen molar-refractivity contribution in [3.05, 3.63) is 0 Å². The van der Waals surface area contributed by atoms with Gasteiger partial charge in [-0.25, -0.2) is 0 Å². The van der Waals surface area contributed by atoms with Crippen LogP contribution in [-0.4, -0.2) is 75.3 Å². The fourth-order valence-corrected chi connectivity index (χ4v) is 14.3. The van der Waals surface area contributed by atoms with Gasteiger partial charge in [0, 0.05) is 26.4 Å². The van der Waals surface area contributed by atoms with E-state index in [1.54, 1.807) is 6.42 Å². The Kier molecular flexibility index (Phi) is 61.6. The van der Waals surface area contributed by atoms with Gasteiger partial charge in [-0.15, -0.1) is 0 Å². The summed E-state index contributed by atoms with van der Waals surface area (Å²) in [5.41, 5.74) is 0. The molecule has 1 fully saturated rings. The maximum Gasteiger partial charge on any atom is 0.104 e. The van der Waals surface area contributed by atoms with Crippen LogP contribution in [0.1, 0.15) is 397 Å². The van der Waals surface area contributed by atoms with Gasteiger partial charge >= 0.3 is 0 Å². The molecule has 0 bridgehead atoms. The molecule has 0 aromatic carbocycles. The highest BCUT2D eigenvalue weighted by molar-refractivity contribution is 4.76. The van der Waals surface area contributed by atoms with E-state index in [-0.39, 0.29) is 25.4 Å². The summed E-state index contributed by atoms with van der Waals surface area (Å²) in [5, 5.41) is 19.7. The third-order valence-electron chi connectivity index (χ3n) is 20.9. The van der Waals surface area contributed by atoms with Gasteiger partial charge in [0.25, 0.3) is 0 Å². The van der Waals surface area contributed by atoms with Gasteiger partial charge in [0.05, 0.1) is 26.4 Å². The molecule has 0 aliphatic heterocycles. The molecule has 87 heavy (non-hydrogen) atoms. The van der Waals surface area contributed by atoms with Crippen molar-refractivity contribution in [3.8, 4) is 0 Å². The lowest BCUT2D eigenvalue weighted by atomic mass is 9.91. The molecule has 0 aromatic heterocycles. The Morgan fingerprint density at radius 3 is 0.747 bits per heavy atom. The molecule has 0 heterocycles. The molecule has 0 radical (unpaired) electrons. The highest BCUT2D eigenvalue weighted by atomic mass is 16.5.